The van der Waals surface area contributed by atoms with Crippen LogP contribution in [0.1, 0.15) is 31.1 Å². The van der Waals surface area contributed by atoms with Gasteiger partial charge >= 0.3 is 5.97 Å². The number of rotatable bonds is 4. The number of hydrogen-bond donors (Lipinski definition) is 1. The summed E-state index contributed by atoms with van der Waals surface area (Å²) in [5, 5.41) is 10.3. The Hall–Kier alpha value is -1.42. The van der Waals surface area contributed by atoms with Crippen molar-refractivity contribution in [3.05, 3.63) is 35.1 Å². The molecule has 3 nitrogen and oxygen atoms in total. The number of halogens is 1. The highest BCUT2D eigenvalue weighted by Gasteiger charge is 2.32. The van der Waals surface area contributed by atoms with Crippen LogP contribution in [0.2, 0.25) is 0 Å². The molecule has 0 aliphatic rings. The van der Waals surface area contributed by atoms with Gasteiger partial charge in [0.2, 0.25) is 0 Å². The Labute approximate surface area is 107 Å². The fourth-order valence-corrected chi connectivity index (χ4v) is 2.03. The molecule has 0 bridgehead atoms. The van der Waals surface area contributed by atoms with Crippen molar-refractivity contribution in [3.63, 3.8) is 0 Å². The van der Waals surface area contributed by atoms with Crippen molar-refractivity contribution in [2.24, 2.45) is 11.8 Å². The minimum Gasteiger partial charge on any atom is -0.469 e. The molecule has 1 aromatic carbocycles. The monoisotopic (exact) mass is 254 g/mol. The summed E-state index contributed by atoms with van der Waals surface area (Å²) in [6, 6.07) is 4.18. The lowest BCUT2D eigenvalue weighted by molar-refractivity contribution is -0.152. The Bertz CT molecular complexity index is 429. The largest absolute Gasteiger partial charge is 0.469 e. The second kappa shape index (κ2) is 5.96. The second-order valence-electron chi connectivity index (χ2n) is 4.74. The van der Waals surface area contributed by atoms with Crippen molar-refractivity contribution >= 4 is 5.97 Å². The maximum atomic E-state index is 13.2. The first-order valence-corrected chi connectivity index (χ1v) is 5.90. The molecule has 0 aliphatic carbocycles. The van der Waals surface area contributed by atoms with E-state index in [0.29, 0.717) is 5.56 Å². The van der Waals surface area contributed by atoms with Crippen molar-refractivity contribution in [1.82, 2.24) is 0 Å². The zero-order chi connectivity index (χ0) is 13.9. The molecule has 0 aromatic heterocycles. The number of esters is 1. The van der Waals surface area contributed by atoms with E-state index in [-0.39, 0.29) is 5.92 Å². The molecule has 0 saturated carbocycles. The van der Waals surface area contributed by atoms with Gasteiger partial charge in [0.15, 0.2) is 0 Å². The predicted octanol–water partition coefficient (Wildman–Crippen LogP) is 2.61. The minimum absolute atomic E-state index is 0.102. The van der Waals surface area contributed by atoms with Crippen LogP contribution < -0.4 is 0 Å². The van der Waals surface area contributed by atoms with Crippen molar-refractivity contribution in [2.75, 3.05) is 7.11 Å². The zero-order valence-corrected chi connectivity index (χ0v) is 11.1. The molecule has 1 rings (SSSR count). The van der Waals surface area contributed by atoms with Gasteiger partial charge in [-0.05, 0) is 36.1 Å². The van der Waals surface area contributed by atoms with Gasteiger partial charge in [0.1, 0.15) is 5.82 Å². The van der Waals surface area contributed by atoms with Crippen LogP contribution in [-0.2, 0) is 9.53 Å². The van der Waals surface area contributed by atoms with Gasteiger partial charge in [-0.1, -0.05) is 19.9 Å². The molecule has 0 radical (unpaired) electrons. The van der Waals surface area contributed by atoms with E-state index in [1.54, 1.807) is 13.0 Å². The average Bonchev–Trinajstić information content (AvgIpc) is 2.31. The summed E-state index contributed by atoms with van der Waals surface area (Å²) in [5.74, 6) is -1.71. The topological polar surface area (TPSA) is 46.5 Å². The Morgan fingerprint density at radius 3 is 2.50 bits per heavy atom. The van der Waals surface area contributed by atoms with Gasteiger partial charge in [-0.15, -0.1) is 0 Å². The van der Waals surface area contributed by atoms with E-state index in [9.17, 15) is 14.3 Å². The molecule has 0 aliphatic heterocycles. The molecule has 0 heterocycles. The second-order valence-corrected chi connectivity index (χ2v) is 4.74. The fraction of sp³-hybridized carbons (Fsp3) is 0.500. The van der Waals surface area contributed by atoms with Gasteiger partial charge < -0.3 is 9.84 Å². The smallest absolute Gasteiger partial charge is 0.311 e. The SMILES string of the molecule is COC(=O)C(C(C)C)C(O)c1cc(F)ccc1C. The highest BCUT2D eigenvalue weighted by Crippen LogP contribution is 2.31. The summed E-state index contributed by atoms with van der Waals surface area (Å²) in [6.07, 6.45) is -1.06. The van der Waals surface area contributed by atoms with Crippen molar-refractivity contribution < 1.29 is 19.0 Å². The summed E-state index contributed by atoms with van der Waals surface area (Å²) in [6.45, 7) is 5.41. The average molecular weight is 254 g/mol. The molecular weight excluding hydrogens is 235 g/mol. The first-order valence-electron chi connectivity index (χ1n) is 5.90. The molecule has 0 saturated heterocycles. The van der Waals surface area contributed by atoms with E-state index in [0.717, 1.165) is 5.56 Å². The number of carbonyl (C=O) groups excluding carboxylic acids is 1. The molecule has 0 fully saturated rings. The summed E-state index contributed by atoms with van der Waals surface area (Å²) >= 11 is 0. The van der Waals surface area contributed by atoms with E-state index in [2.05, 4.69) is 0 Å². The van der Waals surface area contributed by atoms with E-state index >= 15 is 0 Å². The van der Waals surface area contributed by atoms with E-state index in [1.807, 2.05) is 13.8 Å². The highest BCUT2D eigenvalue weighted by atomic mass is 19.1. The van der Waals surface area contributed by atoms with Crippen LogP contribution in [0.25, 0.3) is 0 Å². The van der Waals surface area contributed by atoms with Crippen LogP contribution in [0, 0.1) is 24.6 Å². The number of ether oxygens (including phenoxy) is 1. The number of methoxy groups -OCH3 is 1. The Balaban J connectivity index is 3.13. The molecule has 0 amide bonds. The molecule has 0 spiro atoms. The van der Waals surface area contributed by atoms with Crippen molar-refractivity contribution in [3.8, 4) is 0 Å². The molecular formula is C14H19FO3. The Morgan fingerprint density at radius 2 is 2.00 bits per heavy atom. The predicted molar refractivity (Wildman–Crippen MR) is 66.4 cm³/mol. The van der Waals surface area contributed by atoms with Gasteiger partial charge in [0, 0.05) is 0 Å². The molecule has 1 N–H and O–H groups in total. The van der Waals surface area contributed by atoms with Gasteiger partial charge in [0.25, 0.3) is 0 Å². The molecule has 2 unspecified atom stereocenters. The third kappa shape index (κ3) is 3.07. The van der Waals surface area contributed by atoms with E-state index < -0.39 is 23.8 Å². The molecule has 18 heavy (non-hydrogen) atoms. The zero-order valence-electron chi connectivity index (χ0n) is 11.1. The lowest BCUT2D eigenvalue weighted by Gasteiger charge is -2.25. The number of aliphatic hydroxyl groups is 1. The Kier molecular flexibility index (Phi) is 4.84. The molecule has 100 valence electrons. The van der Waals surface area contributed by atoms with Gasteiger partial charge in [0.05, 0.1) is 19.1 Å². The summed E-state index contributed by atoms with van der Waals surface area (Å²) in [5.41, 5.74) is 1.18. The fourth-order valence-electron chi connectivity index (χ4n) is 2.03. The highest BCUT2D eigenvalue weighted by molar-refractivity contribution is 5.73. The maximum Gasteiger partial charge on any atom is 0.311 e. The third-order valence-corrected chi connectivity index (χ3v) is 3.09. The molecule has 4 heteroatoms. The van der Waals surface area contributed by atoms with Gasteiger partial charge in [-0.25, -0.2) is 4.39 Å². The lowest BCUT2D eigenvalue weighted by atomic mass is 9.85. The first kappa shape index (κ1) is 14.6. The number of aliphatic hydroxyl groups excluding tert-OH is 1. The normalized spacial score (nSPS) is 14.4. The van der Waals surface area contributed by atoms with E-state index in [1.165, 1.54) is 19.2 Å². The van der Waals surface area contributed by atoms with Crippen LogP contribution in [0.4, 0.5) is 4.39 Å². The quantitative estimate of drug-likeness (QED) is 0.840. The van der Waals surface area contributed by atoms with Crippen LogP contribution in [-0.4, -0.2) is 18.2 Å². The number of benzene rings is 1. The first-order chi connectivity index (χ1) is 8.38. The van der Waals surface area contributed by atoms with Crippen LogP contribution in [0.5, 0.6) is 0 Å². The summed E-state index contributed by atoms with van der Waals surface area (Å²) in [7, 11) is 1.28. The third-order valence-electron chi connectivity index (χ3n) is 3.09. The van der Waals surface area contributed by atoms with Crippen molar-refractivity contribution in [1.29, 1.82) is 0 Å². The maximum absolute atomic E-state index is 13.2. The standard InChI is InChI=1S/C14H19FO3/c1-8(2)12(14(17)18-4)13(16)11-7-10(15)6-5-9(11)3/h5-8,12-13,16H,1-4H3. The van der Waals surface area contributed by atoms with Crippen molar-refractivity contribution in [2.45, 2.75) is 26.9 Å². The summed E-state index contributed by atoms with van der Waals surface area (Å²) < 4.78 is 17.9. The van der Waals surface area contributed by atoms with Gasteiger partial charge in [-0.3, -0.25) is 4.79 Å². The van der Waals surface area contributed by atoms with E-state index in [4.69, 9.17) is 4.74 Å². The Morgan fingerprint density at radius 1 is 1.39 bits per heavy atom. The minimum atomic E-state index is -1.06. The number of hydrogen-bond acceptors (Lipinski definition) is 3. The van der Waals surface area contributed by atoms with Gasteiger partial charge in [-0.2, -0.15) is 0 Å². The lowest BCUT2D eigenvalue weighted by Crippen LogP contribution is -2.28. The van der Waals surface area contributed by atoms with Crippen LogP contribution in [0.3, 0.4) is 0 Å². The summed E-state index contributed by atoms with van der Waals surface area (Å²) in [4.78, 5) is 11.7. The molecule has 2 atom stereocenters. The van der Waals surface area contributed by atoms with Crippen LogP contribution >= 0.6 is 0 Å². The number of aryl methyl sites for hydroxylation is 1. The van der Waals surface area contributed by atoms with Crippen LogP contribution in [0.15, 0.2) is 18.2 Å². The molecule has 1 aromatic rings. The number of carbonyl (C=O) groups is 1.